The summed E-state index contributed by atoms with van der Waals surface area (Å²) in [5, 5.41) is 11.9. The maximum Gasteiger partial charge on any atom is 0.148 e. The van der Waals surface area contributed by atoms with Gasteiger partial charge in [-0.15, -0.1) is 6.42 Å². The maximum absolute atomic E-state index is 8.72. The van der Waals surface area contributed by atoms with Crippen molar-refractivity contribution < 1.29 is 9.94 Å². The largest absolute Gasteiger partial charge is 0.481 e. The molecule has 0 saturated carbocycles. The summed E-state index contributed by atoms with van der Waals surface area (Å²) in [6.07, 6.45) is 5.75. The summed E-state index contributed by atoms with van der Waals surface area (Å²) in [6, 6.07) is 7.27. The minimum absolute atomic E-state index is 0.258. The molecule has 0 aliphatic rings. The second kappa shape index (κ2) is 5.71. The summed E-state index contributed by atoms with van der Waals surface area (Å²) in [6.45, 7) is 2.19. The molecule has 0 spiro atoms. The Labute approximate surface area is 89.4 Å². The third-order valence-corrected chi connectivity index (χ3v) is 1.97. The van der Waals surface area contributed by atoms with Crippen molar-refractivity contribution in [1.29, 1.82) is 0 Å². The summed E-state index contributed by atoms with van der Waals surface area (Å²) in [7, 11) is 0. The van der Waals surface area contributed by atoms with Gasteiger partial charge in [0.25, 0.3) is 0 Å². The first-order chi connectivity index (χ1) is 7.31. The van der Waals surface area contributed by atoms with Gasteiger partial charge in [0.05, 0.1) is 5.71 Å². The molecule has 15 heavy (non-hydrogen) atoms. The molecule has 78 valence electrons. The van der Waals surface area contributed by atoms with E-state index in [2.05, 4.69) is 11.1 Å². The first kappa shape index (κ1) is 11.1. The lowest BCUT2D eigenvalue weighted by atomic mass is 10.1. The summed E-state index contributed by atoms with van der Waals surface area (Å²) in [5.41, 5.74) is 1.53. The van der Waals surface area contributed by atoms with Gasteiger partial charge in [0.2, 0.25) is 0 Å². The fourth-order valence-corrected chi connectivity index (χ4v) is 1.20. The molecule has 0 aliphatic heterocycles. The van der Waals surface area contributed by atoms with Gasteiger partial charge in [-0.2, -0.15) is 0 Å². The maximum atomic E-state index is 8.72. The molecule has 1 aromatic carbocycles. The first-order valence-electron chi connectivity index (χ1n) is 4.69. The zero-order valence-corrected chi connectivity index (χ0v) is 8.60. The van der Waals surface area contributed by atoms with Gasteiger partial charge in [-0.25, -0.2) is 0 Å². The van der Waals surface area contributed by atoms with Crippen LogP contribution in [0.3, 0.4) is 0 Å². The molecule has 3 nitrogen and oxygen atoms in total. The quantitative estimate of drug-likeness (QED) is 0.353. The highest BCUT2D eigenvalue weighted by molar-refractivity contribution is 6.00. The van der Waals surface area contributed by atoms with Gasteiger partial charge in [-0.1, -0.05) is 18.0 Å². The smallest absolute Gasteiger partial charge is 0.148 e. The highest BCUT2D eigenvalue weighted by Crippen LogP contribution is 2.13. The molecule has 1 aromatic rings. The van der Waals surface area contributed by atoms with Gasteiger partial charge in [-0.3, -0.25) is 0 Å². The topological polar surface area (TPSA) is 41.8 Å². The molecule has 0 fully saturated rings. The molecule has 1 N–H and O–H groups in total. The molecule has 1 rings (SSSR count). The minimum atomic E-state index is 0.258. The Balaban J connectivity index is 2.77. The minimum Gasteiger partial charge on any atom is -0.481 e. The van der Waals surface area contributed by atoms with E-state index < -0.39 is 0 Å². The summed E-state index contributed by atoms with van der Waals surface area (Å²) in [4.78, 5) is 0. The predicted molar refractivity (Wildman–Crippen MR) is 59.4 cm³/mol. The third kappa shape index (κ3) is 3.03. The molecular weight excluding hydrogens is 190 g/mol. The first-order valence-corrected chi connectivity index (χ1v) is 4.69. The summed E-state index contributed by atoms with van der Waals surface area (Å²) < 4.78 is 5.22. The standard InChI is InChI=1S/C12H13NO2/c1-3-9-15-11-7-5-10(6-8-11)12(4-2)13-14/h1,5-8,14H,4,9H2,2H3/b13-12+. The van der Waals surface area contributed by atoms with E-state index in [0.29, 0.717) is 17.9 Å². The van der Waals surface area contributed by atoms with Gasteiger partial charge < -0.3 is 9.94 Å². The van der Waals surface area contributed by atoms with Crippen LogP contribution in [-0.4, -0.2) is 17.5 Å². The number of terminal acetylenes is 1. The zero-order valence-electron chi connectivity index (χ0n) is 8.60. The van der Waals surface area contributed by atoms with Gasteiger partial charge in [-0.05, 0) is 36.2 Å². The number of nitrogens with zero attached hydrogens (tertiary/aromatic N) is 1. The zero-order chi connectivity index (χ0) is 11.1. The van der Waals surface area contributed by atoms with Crippen LogP contribution in [-0.2, 0) is 0 Å². The Hall–Kier alpha value is -1.95. The molecule has 0 bridgehead atoms. The number of hydrogen-bond acceptors (Lipinski definition) is 3. The molecule has 0 heterocycles. The molecule has 0 saturated heterocycles. The fraction of sp³-hybridized carbons (Fsp3) is 0.250. The van der Waals surface area contributed by atoms with Crippen molar-refractivity contribution in [3.8, 4) is 18.1 Å². The normalized spacial score (nSPS) is 10.8. The van der Waals surface area contributed by atoms with Gasteiger partial charge >= 0.3 is 0 Å². The SMILES string of the molecule is C#CCOc1ccc(/C(CC)=N/O)cc1. The van der Waals surface area contributed by atoms with Crippen molar-refractivity contribution >= 4 is 5.71 Å². The summed E-state index contributed by atoms with van der Waals surface area (Å²) in [5.74, 6) is 3.10. The van der Waals surface area contributed by atoms with E-state index >= 15 is 0 Å². The van der Waals surface area contributed by atoms with Crippen molar-refractivity contribution in [2.24, 2.45) is 5.16 Å². The van der Waals surface area contributed by atoms with Crippen LogP contribution < -0.4 is 4.74 Å². The fourth-order valence-electron chi connectivity index (χ4n) is 1.20. The lowest BCUT2D eigenvalue weighted by Crippen LogP contribution is -1.99. The highest BCUT2D eigenvalue weighted by atomic mass is 16.5. The average Bonchev–Trinajstić information content (AvgIpc) is 2.29. The van der Waals surface area contributed by atoms with E-state index in [0.717, 1.165) is 5.56 Å². The van der Waals surface area contributed by atoms with Crippen molar-refractivity contribution in [1.82, 2.24) is 0 Å². The average molecular weight is 203 g/mol. The lowest BCUT2D eigenvalue weighted by Gasteiger charge is -2.04. The van der Waals surface area contributed by atoms with E-state index in [1.165, 1.54) is 0 Å². The predicted octanol–water partition coefficient (Wildman–Crippen LogP) is 2.29. The molecule has 0 aliphatic carbocycles. The van der Waals surface area contributed by atoms with Crippen LogP contribution in [0.2, 0.25) is 0 Å². The van der Waals surface area contributed by atoms with E-state index in [1.54, 1.807) is 12.1 Å². The molecule has 0 unspecified atom stereocenters. The van der Waals surface area contributed by atoms with E-state index in [1.807, 2.05) is 19.1 Å². The van der Waals surface area contributed by atoms with Crippen molar-refractivity contribution in [2.75, 3.05) is 6.61 Å². The molecule has 0 amide bonds. The van der Waals surface area contributed by atoms with Gasteiger partial charge in [0.1, 0.15) is 12.4 Å². The number of ether oxygens (including phenoxy) is 1. The Kier molecular flexibility index (Phi) is 4.24. The highest BCUT2D eigenvalue weighted by Gasteiger charge is 2.01. The third-order valence-electron chi connectivity index (χ3n) is 1.97. The Morgan fingerprint density at radius 2 is 2.13 bits per heavy atom. The van der Waals surface area contributed by atoms with Crippen LogP contribution in [0.1, 0.15) is 18.9 Å². The van der Waals surface area contributed by atoms with Crippen LogP contribution >= 0.6 is 0 Å². The van der Waals surface area contributed by atoms with E-state index in [-0.39, 0.29) is 6.61 Å². The molecule has 0 radical (unpaired) electrons. The van der Waals surface area contributed by atoms with Crippen LogP contribution in [0.5, 0.6) is 5.75 Å². The molecular formula is C12H13NO2. The second-order valence-electron chi connectivity index (χ2n) is 2.92. The second-order valence-corrected chi connectivity index (χ2v) is 2.92. The number of oxime groups is 1. The van der Waals surface area contributed by atoms with Crippen LogP contribution in [0.15, 0.2) is 29.4 Å². The Bertz CT molecular complexity index is 374. The molecule has 0 atom stereocenters. The van der Waals surface area contributed by atoms with E-state index in [9.17, 15) is 0 Å². The Morgan fingerprint density at radius 3 is 2.60 bits per heavy atom. The van der Waals surface area contributed by atoms with E-state index in [4.69, 9.17) is 16.4 Å². The van der Waals surface area contributed by atoms with Crippen LogP contribution in [0.4, 0.5) is 0 Å². The summed E-state index contributed by atoms with van der Waals surface area (Å²) >= 11 is 0. The number of benzene rings is 1. The van der Waals surface area contributed by atoms with Crippen molar-refractivity contribution in [3.63, 3.8) is 0 Å². The van der Waals surface area contributed by atoms with Crippen molar-refractivity contribution in [3.05, 3.63) is 29.8 Å². The van der Waals surface area contributed by atoms with Crippen LogP contribution in [0.25, 0.3) is 0 Å². The number of hydrogen-bond donors (Lipinski definition) is 1. The molecule has 0 aromatic heterocycles. The van der Waals surface area contributed by atoms with Crippen molar-refractivity contribution in [2.45, 2.75) is 13.3 Å². The van der Waals surface area contributed by atoms with Gasteiger partial charge in [0, 0.05) is 0 Å². The van der Waals surface area contributed by atoms with Gasteiger partial charge in [0.15, 0.2) is 0 Å². The molecule has 3 heteroatoms. The Morgan fingerprint density at radius 1 is 1.47 bits per heavy atom. The monoisotopic (exact) mass is 203 g/mol. The number of rotatable bonds is 4. The lowest BCUT2D eigenvalue weighted by molar-refractivity contribution is 0.318. The van der Waals surface area contributed by atoms with Crippen LogP contribution in [0, 0.1) is 12.3 Å².